The van der Waals surface area contributed by atoms with Gasteiger partial charge in [0.1, 0.15) is 0 Å². The summed E-state index contributed by atoms with van der Waals surface area (Å²) in [5.41, 5.74) is 14.1. The summed E-state index contributed by atoms with van der Waals surface area (Å²) in [7, 11) is 0. The number of hydrazine groups is 1. The first-order chi connectivity index (χ1) is 8.69. The SMILES string of the molecule is Cc1cnn(-c2ccc(NNC(=O)N=N)cc2)c1. The highest BCUT2D eigenvalue weighted by Crippen LogP contribution is 2.12. The zero-order valence-corrected chi connectivity index (χ0v) is 9.71. The predicted octanol–water partition coefficient (Wildman–Crippen LogP) is 2.25. The van der Waals surface area contributed by atoms with Crippen molar-refractivity contribution in [1.82, 2.24) is 15.2 Å². The summed E-state index contributed by atoms with van der Waals surface area (Å²) in [4.78, 5) is 10.7. The second-order valence-corrected chi connectivity index (χ2v) is 3.68. The quantitative estimate of drug-likeness (QED) is 0.570. The highest BCUT2D eigenvalue weighted by Gasteiger charge is 1.99. The third-order valence-corrected chi connectivity index (χ3v) is 2.26. The molecule has 0 unspecified atom stereocenters. The van der Waals surface area contributed by atoms with Crippen LogP contribution < -0.4 is 10.9 Å². The number of nitrogens with zero attached hydrogens (tertiary/aromatic N) is 3. The van der Waals surface area contributed by atoms with Crippen LogP contribution in [-0.2, 0) is 0 Å². The zero-order chi connectivity index (χ0) is 13.0. The lowest BCUT2D eigenvalue weighted by atomic mass is 10.3. The molecular formula is C11H12N6O. The molecule has 1 aromatic heterocycles. The number of amides is 2. The number of carbonyl (C=O) groups excluding carboxylic acids is 1. The van der Waals surface area contributed by atoms with Crippen LogP contribution in [0, 0.1) is 12.5 Å². The molecule has 0 radical (unpaired) electrons. The molecule has 92 valence electrons. The van der Waals surface area contributed by atoms with Crippen molar-refractivity contribution in [3.8, 4) is 5.69 Å². The minimum absolute atomic E-state index is 0.694. The molecule has 0 aliphatic heterocycles. The first kappa shape index (κ1) is 11.8. The number of hydrogen-bond acceptors (Lipinski definition) is 4. The molecule has 3 N–H and O–H groups in total. The molecule has 18 heavy (non-hydrogen) atoms. The number of nitrogens with one attached hydrogen (secondary N) is 3. The van der Waals surface area contributed by atoms with E-state index in [1.165, 1.54) is 0 Å². The Kier molecular flexibility index (Phi) is 3.33. The summed E-state index contributed by atoms with van der Waals surface area (Å²) in [6, 6.07) is 6.55. The van der Waals surface area contributed by atoms with Crippen LogP contribution >= 0.6 is 0 Å². The number of hydrogen-bond donors (Lipinski definition) is 3. The standard InChI is InChI=1S/C11H12N6O/c1-8-6-13-17(7-8)10-4-2-9(3-5-10)15-16-11(18)14-12/h2-7,12,15H,1H3,(H,16,18). The van der Waals surface area contributed by atoms with Gasteiger partial charge >= 0.3 is 6.03 Å². The van der Waals surface area contributed by atoms with Gasteiger partial charge in [0.2, 0.25) is 0 Å². The van der Waals surface area contributed by atoms with Gasteiger partial charge in [0.05, 0.1) is 17.6 Å². The van der Waals surface area contributed by atoms with Crippen LogP contribution in [0.25, 0.3) is 5.69 Å². The molecular weight excluding hydrogens is 232 g/mol. The molecule has 0 aliphatic rings. The van der Waals surface area contributed by atoms with Gasteiger partial charge in [-0.05, 0) is 36.8 Å². The fourth-order valence-corrected chi connectivity index (χ4v) is 1.41. The van der Waals surface area contributed by atoms with E-state index in [9.17, 15) is 4.79 Å². The molecule has 2 amide bonds. The zero-order valence-electron chi connectivity index (χ0n) is 9.71. The Morgan fingerprint density at radius 1 is 1.39 bits per heavy atom. The largest absolute Gasteiger partial charge is 0.377 e. The number of benzene rings is 1. The van der Waals surface area contributed by atoms with E-state index in [1.54, 1.807) is 23.0 Å². The van der Waals surface area contributed by atoms with Crippen molar-refractivity contribution in [2.75, 3.05) is 5.43 Å². The minimum Gasteiger partial charge on any atom is -0.297 e. The molecule has 0 spiro atoms. The van der Waals surface area contributed by atoms with Gasteiger partial charge in [-0.2, -0.15) is 10.6 Å². The van der Waals surface area contributed by atoms with E-state index in [0.717, 1.165) is 11.3 Å². The summed E-state index contributed by atoms with van der Waals surface area (Å²) in [6.45, 7) is 1.97. The average molecular weight is 244 g/mol. The smallest absolute Gasteiger partial charge is 0.297 e. The van der Waals surface area contributed by atoms with Gasteiger partial charge in [-0.3, -0.25) is 5.43 Å². The highest BCUT2D eigenvalue weighted by atomic mass is 16.2. The van der Waals surface area contributed by atoms with Gasteiger partial charge in [-0.25, -0.2) is 14.9 Å². The summed E-state index contributed by atoms with van der Waals surface area (Å²) < 4.78 is 1.76. The van der Waals surface area contributed by atoms with Gasteiger partial charge in [-0.1, -0.05) is 5.11 Å². The number of anilines is 1. The fraction of sp³-hybridized carbons (Fsp3) is 0.0909. The molecule has 7 nitrogen and oxygen atoms in total. The van der Waals surface area contributed by atoms with Crippen molar-refractivity contribution in [3.05, 3.63) is 42.2 Å². The van der Waals surface area contributed by atoms with E-state index in [2.05, 4.69) is 21.1 Å². The van der Waals surface area contributed by atoms with Gasteiger partial charge in [-0.15, -0.1) is 0 Å². The van der Waals surface area contributed by atoms with Gasteiger partial charge < -0.3 is 0 Å². The van der Waals surface area contributed by atoms with Crippen LogP contribution in [0.2, 0.25) is 0 Å². The van der Waals surface area contributed by atoms with E-state index in [1.807, 2.05) is 25.3 Å². The van der Waals surface area contributed by atoms with E-state index in [4.69, 9.17) is 5.53 Å². The Hall–Kier alpha value is -2.70. The molecule has 0 saturated heterocycles. The first-order valence-corrected chi connectivity index (χ1v) is 5.24. The van der Waals surface area contributed by atoms with Crippen molar-refractivity contribution in [3.63, 3.8) is 0 Å². The van der Waals surface area contributed by atoms with E-state index in [-0.39, 0.29) is 0 Å². The minimum atomic E-state index is -0.748. The van der Waals surface area contributed by atoms with E-state index in [0.29, 0.717) is 5.69 Å². The lowest BCUT2D eigenvalue weighted by Crippen LogP contribution is -2.25. The Labute approximate surface area is 103 Å². The Morgan fingerprint density at radius 3 is 2.67 bits per heavy atom. The third kappa shape index (κ3) is 2.70. The molecule has 2 rings (SSSR count). The van der Waals surface area contributed by atoms with Crippen LogP contribution in [0.3, 0.4) is 0 Å². The lowest BCUT2D eigenvalue weighted by molar-refractivity contribution is 0.249. The topological polar surface area (TPSA) is 95.2 Å². The second-order valence-electron chi connectivity index (χ2n) is 3.68. The summed E-state index contributed by atoms with van der Waals surface area (Å²) in [5.74, 6) is 0. The molecule has 0 aliphatic carbocycles. The van der Waals surface area contributed by atoms with Crippen LogP contribution in [0.1, 0.15) is 5.56 Å². The number of aromatic nitrogens is 2. The maximum Gasteiger partial charge on any atom is 0.377 e. The second kappa shape index (κ2) is 5.09. The summed E-state index contributed by atoms with van der Waals surface area (Å²) in [6.07, 6.45) is 3.70. The first-order valence-electron chi connectivity index (χ1n) is 5.24. The third-order valence-electron chi connectivity index (χ3n) is 2.26. The molecule has 0 saturated carbocycles. The Bertz CT molecular complexity index is 559. The monoisotopic (exact) mass is 244 g/mol. The van der Waals surface area contributed by atoms with E-state index >= 15 is 0 Å². The molecule has 1 aromatic carbocycles. The molecule has 0 atom stereocenters. The van der Waals surface area contributed by atoms with Gasteiger partial charge in [0.15, 0.2) is 0 Å². The summed E-state index contributed by atoms with van der Waals surface area (Å²) in [5, 5.41) is 6.88. The van der Waals surface area contributed by atoms with Crippen LogP contribution in [-0.4, -0.2) is 15.8 Å². The average Bonchev–Trinajstić information content (AvgIpc) is 2.83. The predicted molar refractivity (Wildman–Crippen MR) is 65.6 cm³/mol. The van der Waals surface area contributed by atoms with Gasteiger partial charge in [0.25, 0.3) is 0 Å². The molecule has 1 heterocycles. The lowest BCUT2D eigenvalue weighted by Gasteiger charge is -2.06. The Morgan fingerprint density at radius 2 is 2.11 bits per heavy atom. The highest BCUT2D eigenvalue weighted by molar-refractivity contribution is 5.75. The van der Waals surface area contributed by atoms with Crippen LogP contribution in [0.15, 0.2) is 41.8 Å². The van der Waals surface area contributed by atoms with Crippen LogP contribution in [0.4, 0.5) is 10.5 Å². The maximum atomic E-state index is 10.7. The van der Waals surface area contributed by atoms with Crippen molar-refractivity contribution in [1.29, 1.82) is 5.53 Å². The number of aryl methyl sites for hydroxylation is 1. The molecule has 7 heteroatoms. The van der Waals surface area contributed by atoms with Crippen molar-refractivity contribution in [2.45, 2.75) is 6.92 Å². The van der Waals surface area contributed by atoms with Crippen molar-refractivity contribution >= 4 is 11.7 Å². The fourth-order valence-electron chi connectivity index (χ4n) is 1.41. The molecule has 2 aromatic rings. The normalized spacial score (nSPS) is 9.83. The van der Waals surface area contributed by atoms with Crippen LogP contribution in [0.5, 0.6) is 0 Å². The molecule has 0 fully saturated rings. The number of carbonyl (C=O) groups is 1. The maximum absolute atomic E-state index is 10.7. The van der Waals surface area contributed by atoms with Gasteiger partial charge in [0, 0.05) is 6.20 Å². The number of urea groups is 1. The van der Waals surface area contributed by atoms with E-state index < -0.39 is 6.03 Å². The molecule has 0 bridgehead atoms. The van der Waals surface area contributed by atoms with Crippen molar-refractivity contribution < 1.29 is 4.79 Å². The summed E-state index contributed by atoms with van der Waals surface area (Å²) >= 11 is 0. The Balaban J connectivity index is 2.06. The van der Waals surface area contributed by atoms with Crippen molar-refractivity contribution in [2.24, 2.45) is 5.11 Å². The number of rotatable bonds is 3.